The first-order valence-electron chi connectivity index (χ1n) is 13.3. The van der Waals surface area contributed by atoms with Crippen molar-refractivity contribution in [3.63, 3.8) is 0 Å². The number of nitrogens with one attached hydrogen (secondary N) is 2. The number of amides is 3. The van der Waals surface area contributed by atoms with Crippen LogP contribution < -0.4 is 10.6 Å². The van der Waals surface area contributed by atoms with Gasteiger partial charge in [-0.3, -0.25) is 9.59 Å². The van der Waals surface area contributed by atoms with Crippen LogP contribution >= 0.6 is 0 Å². The third kappa shape index (κ3) is 10.2. The molecule has 1 aromatic carbocycles. The number of aryl methyl sites for hydroxylation is 2. The molecule has 3 atom stereocenters. The minimum Gasteiger partial charge on any atom is -0.444 e. The highest BCUT2D eigenvalue weighted by Gasteiger charge is 2.38. The van der Waals surface area contributed by atoms with E-state index in [0.29, 0.717) is 12.5 Å². The van der Waals surface area contributed by atoms with E-state index in [4.69, 9.17) is 4.74 Å². The highest BCUT2D eigenvalue weighted by atomic mass is 16.6. The number of alkyl carbamates (subject to hydrolysis) is 1. The predicted molar refractivity (Wildman–Crippen MR) is 146 cm³/mol. The van der Waals surface area contributed by atoms with Crippen LogP contribution in [0.4, 0.5) is 4.79 Å². The molecular weight excluding hydrogens is 454 g/mol. The fourth-order valence-electron chi connectivity index (χ4n) is 4.12. The van der Waals surface area contributed by atoms with E-state index in [-0.39, 0.29) is 17.9 Å². The number of ether oxygens (including phenoxy) is 1. The molecule has 0 radical (unpaired) electrons. The van der Waals surface area contributed by atoms with Gasteiger partial charge in [0.2, 0.25) is 11.8 Å². The van der Waals surface area contributed by atoms with Gasteiger partial charge in [-0.25, -0.2) is 4.79 Å². The molecule has 0 aliphatic rings. The van der Waals surface area contributed by atoms with Gasteiger partial charge in [0, 0.05) is 12.6 Å². The summed E-state index contributed by atoms with van der Waals surface area (Å²) in [5.41, 5.74) is 2.15. The number of hydrogen-bond donors (Lipinski definition) is 2. The third-order valence-electron chi connectivity index (χ3n) is 6.07. The second kappa shape index (κ2) is 14.2. The standard InChI is InChI=1S/C29H49N3O4/c1-11-12-17-30-26(33)25(24-16-14-20(4)18-21(24)5)32(22(6)15-13-19(2)3)27(34)23(7)31-28(35)36-29(8,9)10/h14,16,18-19,22-23,25H,11-13,15,17H2,1-10H3,(H,30,33)(H,31,35). The van der Waals surface area contributed by atoms with Crippen LogP contribution in [0.1, 0.15) is 104 Å². The maximum atomic E-state index is 13.9. The van der Waals surface area contributed by atoms with Crippen LogP contribution in [-0.2, 0) is 14.3 Å². The van der Waals surface area contributed by atoms with Gasteiger partial charge in [0.25, 0.3) is 0 Å². The molecule has 0 aromatic heterocycles. The summed E-state index contributed by atoms with van der Waals surface area (Å²) in [4.78, 5) is 41.7. The molecule has 204 valence electrons. The number of hydrogen-bond acceptors (Lipinski definition) is 4. The number of nitrogens with zero attached hydrogens (tertiary/aromatic N) is 1. The summed E-state index contributed by atoms with van der Waals surface area (Å²) in [7, 11) is 0. The number of rotatable bonds is 12. The van der Waals surface area contributed by atoms with E-state index in [1.807, 2.05) is 39.0 Å². The second-order valence-electron chi connectivity index (χ2n) is 11.3. The minimum absolute atomic E-state index is 0.204. The van der Waals surface area contributed by atoms with Crippen LogP contribution in [0, 0.1) is 19.8 Å². The zero-order valence-electron chi connectivity index (χ0n) is 24.2. The summed E-state index contributed by atoms with van der Waals surface area (Å²) in [5, 5.41) is 5.72. The van der Waals surface area contributed by atoms with E-state index in [1.165, 1.54) is 0 Å². The van der Waals surface area contributed by atoms with Crippen molar-refractivity contribution < 1.29 is 19.1 Å². The molecule has 0 aliphatic heterocycles. The average molecular weight is 504 g/mol. The molecule has 0 aliphatic carbocycles. The monoisotopic (exact) mass is 503 g/mol. The van der Waals surface area contributed by atoms with Crippen LogP contribution in [0.25, 0.3) is 0 Å². The molecule has 0 spiro atoms. The van der Waals surface area contributed by atoms with Crippen molar-refractivity contribution in [1.82, 2.24) is 15.5 Å². The zero-order valence-corrected chi connectivity index (χ0v) is 24.2. The summed E-state index contributed by atoms with van der Waals surface area (Å²) in [6.07, 6.45) is 2.81. The Morgan fingerprint density at radius 3 is 2.19 bits per heavy atom. The summed E-state index contributed by atoms with van der Waals surface area (Å²) < 4.78 is 5.37. The van der Waals surface area contributed by atoms with Crippen LogP contribution in [0.2, 0.25) is 0 Å². The van der Waals surface area contributed by atoms with Crippen molar-refractivity contribution in [2.75, 3.05) is 6.54 Å². The van der Waals surface area contributed by atoms with Gasteiger partial charge in [-0.15, -0.1) is 0 Å². The van der Waals surface area contributed by atoms with Gasteiger partial charge in [-0.05, 0) is 84.8 Å². The summed E-state index contributed by atoms with van der Waals surface area (Å²) >= 11 is 0. The summed E-state index contributed by atoms with van der Waals surface area (Å²) in [5.74, 6) is -0.0583. The van der Waals surface area contributed by atoms with Crippen molar-refractivity contribution in [3.8, 4) is 0 Å². The topological polar surface area (TPSA) is 87.7 Å². The molecule has 0 heterocycles. The normalized spacial score (nSPS) is 14.1. The van der Waals surface area contributed by atoms with E-state index < -0.39 is 23.8 Å². The van der Waals surface area contributed by atoms with E-state index >= 15 is 0 Å². The Morgan fingerprint density at radius 1 is 1.03 bits per heavy atom. The van der Waals surface area contributed by atoms with Crippen molar-refractivity contribution in [2.45, 2.75) is 119 Å². The summed E-state index contributed by atoms with van der Waals surface area (Å²) in [6.45, 7) is 19.8. The molecule has 7 nitrogen and oxygen atoms in total. The number of carbonyl (C=O) groups excluding carboxylic acids is 3. The first kappa shape index (κ1) is 31.5. The molecule has 0 saturated heterocycles. The van der Waals surface area contributed by atoms with Gasteiger partial charge in [-0.1, -0.05) is 51.0 Å². The molecule has 0 fully saturated rings. The Labute approximate surface area is 218 Å². The Bertz CT molecular complexity index is 876. The lowest BCUT2D eigenvalue weighted by atomic mass is 9.94. The first-order chi connectivity index (χ1) is 16.7. The quantitative estimate of drug-likeness (QED) is 0.352. The average Bonchev–Trinajstić information content (AvgIpc) is 2.74. The molecule has 3 amide bonds. The highest BCUT2D eigenvalue weighted by molar-refractivity contribution is 5.92. The maximum Gasteiger partial charge on any atom is 0.408 e. The molecule has 0 bridgehead atoms. The smallest absolute Gasteiger partial charge is 0.408 e. The fraction of sp³-hybridized carbons (Fsp3) is 0.690. The third-order valence-corrected chi connectivity index (χ3v) is 6.07. The molecule has 1 aromatic rings. The van der Waals surface area contributed by atoms with Gasteiger partial charge in [0.15, 0.2) is 0 Å². The second-order valence-corrected chi connectivity index (χ2v) is 11.3. The van der Waals surface area contributed by atoms with Crippen LogP contribution in [0.5, 0.6) is 0 Å². The summed E-state index contributed by atoms with van der Waals surface area (Å²) in [6, 6.07) is 4.06. The molecule has 2 N–H and O–H groups in total. The van der Waals surface area contributed by atoms with Crippen LogP contribution in [0.3, 0.4) is 0 Å². The van der Waals surface area contributed by atoms with E-state index in [2.05, 4.69) is 31.4 Å². The van der Waals surface area contributed by atoms with Gasteiger partial charge < -0.3 is 20.3 Å². The van der Waals surface area contributed by atoms with E-state index in [0.717, 1.165) is 42.4 Å². The van der Waals surface area contributed by atoms with Gasteiger partial charge in [0.05, 0.1) is 0 Å². The Hall–Kier alpha value is -2.57. The van der Waals surface area contributed by atoms with Crippen molar-refractivity contribution >= 4 is 17.9 Å². The molecule has 0 saturated carbocycles. The first-order valence-corrected chi connectivity index (χ1v) is 13.3. The number of carbonyl (C=O) groups is 3. The Balaban J connectivity index is 3.47. The number of benzene rings is 1. The highest BCUT2D eigenvalue weighted by Crippen LogP contribution is 2.30. The van der Waals surface area contributed by atoms with Crippen molar-refractivity contribution in [3.05, 3.63) is 34.9 Å². The van der Waals surface area contributed by atoms with E-state index in [9.17, 15) is 14.4 Å². The molecular formula is C29H49N3O4. The lowest BCUT2D eigenvalue weighted by Gasteiger charge is -2.38. The lowest BCUT2D eigenvalue weighted by molar-refractivity contribution is -0.145. The molecule has 7 heteroatoms. The minimum atomic E-state index is -0.863. The maximum absolute atomic E-state index is 13.9. The van der Waals surface area contributed by atoms with Gasteiger partial charge in [-0.2, -0.15) is 0 Å². The molecule has 3 unspecified atom stereocenters. The predicted octanol–water partition coefficient (Wildman–Crippen LogP) is 5.83. The van der Waals surface area contributed by atoms with Crippen LogP contribution in [0.15, 0.2) is 18.2 Å². The fourth-order valence-corrected chi connectivity index (χ4v) is 4.12. The Kier molecular flexibility index (Phi) is 12.4. The lowest BCUT2D eigenvalue weighted by Crippen LogP contribution is -2.54. The Morgan fingerprint density at radius 2 is 1.67 bits per heavy atom. The van der Waals surface area contributed by atoms with Crippen molar-refractivity contribution in [1.29, 1.82) is 0 Å². The van der Waals surface area contributed by atoms with Crippen LogP contribution in [-0.4, -0.2) is 47.0 Å². The largest absolute Gasteiger partial charge is 0.444 e. The molecule has 1 rings (SSSR count). The zero-order chi connectivity index (χ0) is 27.6. The SMILES string of the molecule is CCCCNC(=O)C(c1ccc(C)cc1C)N(C(=O)C(C)NC(=O)OC(C)(C)C)C(C)CCC(C)C. The number of unbranched alkanes of at least 4 members (excludes halogenated alkanes) is 1. The van der Waals surface area contributed by atoms with E-state index in [1.54, 1.807) is 32.6 Å². The van der Waals surface area contributed by atoms with Gasteiger partial charge >= 0.3 is 6.09 Å². The molecule has 36 heavy (non-hydrogen) atoms. The van der Waals surface area contributed by atoms with Gasteiger partial charge in [0.1, 0.15) is 17.7 Å². The van der Waals surface area contributed by atoms with Crippen molar-refractivity contribution in [2.24, 2.45) is 5.92 Å².